The van der Waals surface area contributed by atoms with Crippen LogP contribution in [0, 0.1) is 0 Å². The summed E-state index contributed by atoms with van der Waals surface area (Å²) in [5, 5.41) is 0. The van der Waals surface area contributed by atoms with Gasteiger partial charge in [-0.15, -0.1) is 0 Å². The van der Waals surface area contributed by atoms with Gasteiger partial charge in [0.2, 0.25) is 0 Å². The van der Waals surface area contributed by atoms with Crippen molar-refractivity contribution in [3.8, 4) is 0 Å². The lowest BCUT2D eigenvalue weighted by molar-refractivity contribution is -0.133. The van der Waals surface area contributed by atoms with Crippen molar-refractivity contribution in [1.82, 2.24) is 9.80 Å². The summed E-state index contributed by atoms with van der Waals surface area (Å²) in [7, 11) is 0. The Labute approximate surface area is 220 Å². The van der Waals surface area contributed by atoms with Crippen LogP contribution in [0.15, 0.2) is 89.3 Å². The molecule has 0 fully saturated rings. The van der Waals surface area contributed by atoms with E-state index in [9.17, 15) is 9.59 Å². The van der Waals surface area contributed by atoms with Crippen molar-refractivity contribution in [2.24, 2.45) is 4.99 Å². The SMILES string of the molecule is CCC(CC)OC1=C(CC(=O)c2ccccc2)C(c2ccccc2)CN(CCCN2C=NC=CC2)C1=O. The molecule has 0 saturated carbocycles. The first-order chi connectivity index (χ1) is 18.1. The summed E-state index contributed by atoms with van der Waals surface area (Å²) < 4.78 is 6.43. The quantitative estimate of drug-likeness (QED) is 0.357. The predicted octanol–water partition coefficient (Wildman–Crippen LogP) is 5.59. The number of nitrogens with zero attached hydrogens (tertiary/aromatic N) is 3. The van der Waals surface area contributed by atoms with E-state index in [0.29, 0.717) is 24.4 Å². The molecule has 6 heteroatoms. The number of hydrogen-bond acceptors (Lipinski definition) is 5. The molecule has 194 valence electrons. The fourth-order valence-electron chi connectivity index (χ4n) is 4.93. The maximum absolute atomic E-state index is 13.9. The summed E-state index contributed by atoms with van der Waals surface area (Å²) in [6.07, 6.45) is 8.18. The Hall–Kier alpha value is -3.67. The lowest BCUT2D eigenvalue weighted by atomic mass is 9.83. The number of aliphatic imine (C=N–C) groups is 1. The van der Waals surface area contributed by atoms with Gasteiger partial charge in [0.15, 0.2) is 11.5 Å². The fraction of sp³-hybridized carbons (Fsp3) is 0.387. The second-order valence-electron chi connectivity index (χ2n) is 9.59. The van der Waals surface area contributed by atoms with Crippen molar-refractivity contribution in [1.29, 1.82) is 0 Å². The van der Waals surface area contributed by atoms with Gasteiger partial charge in [-0.25, -0.2) is 4.99 Å². The smallest absolute Gasteiger partial charge is 0.288 e. The second kappa shape index (κ2) is 13.0. The molecule has 0 radical (unpaired) electrons. The van der Waals surface area contributed by atoms with E-state index in [0.717, 1.165) is 43.5 Å². The number of ketones is 1. The van der Waals surface area contributed by atoms with Gasteiger partial charge in [-0.2, -0.15) is 0 Å². The van der Waals surface area contributed by atoms with Gasteiger partial charge < -0.3 is 14.5 Å². The molecule has 0 bridgehead atoms. The minimum atomic E-state index is -0.109. The topological polar surface area (TPSA) is 62.2 Å². The third-order valence-corrected chi connectivity index (χ3v) is 7.08. The summed E-state index contributed by atoms with van der Waals surface area (Å²) in [5.74, 6) is 0.152. The number of ether oxygens (including phenoxy) is 1. The summed E-state index contributed by atoms with van der Waals surface area (Å²) in [5.41, 5.74) is 2.53. The van der Waals surface area contributed by atoms with E-state index in [4.69, 9.17) is 4.74 Å². The molecule has 2 aromatic carbocycles. The molecule has 0 spiro atoms. The molecule has 2 aliphatic heterocycles. The van der Waals surface area contributed by atoms with Crippen molar-refractivity contribution < 1.29 is 14.3 Å². The van der Waals surface area contributed by atoms with Crippen molar-refractivity contribution in [2.75, 3.05) is 26.2 Å². The Morgan fingerprint density at radius 3 is 2.38 bits per heavy atom. The molecular formula is C31H37N3O3. The molecule has 2 aromatic rings. The van der Waals surface area contributed by atoms with Crippen LogP contribution in [0.3, 0.4) is 0 Å². The number of benzene rings is 2. The summed E-state index contributed by atoms with van der Waals surface area (Å²) in [4.78, 5) is 35.5. The molecule has 6 nitrogen and oxygen atoms in total. The first-order valence-electron chi connectivity index (χ1n) is 13.3. The molecule has 0 N–H and O–H groups in total. The maximum atomic E-state index is 13.9. The minimum Gasteiger partial charge on any atom is -0.485 e. The maximum Gasteiger partial charge on any atom is 0.288 e. The molecule has 1 unspecified atom stereocenters. The zero-order chi connectivity index (χ0) is 26.0. The Kier molecular flexibility index (Phi) is 9.30. The largest absolute Gasteiger partial charge is 0.485 e. The van der Waals surface area contributed by atoms with Crippen molar-refractivity contribution in [3.63, 3.8) is 0 Å². The summed E-state index contributed by atoms with van der Waals surface area (Å²) in [6.45, 7) is 6.93. The summed E-state index contributed by atoms with van der Waals surface area (Å²) in [6, 6.07) is 19.5. The number of Topliss-reactive ketones (excluding diaryl/α,β-unsaturated/α-hetero) is 1. The van der Waals surface area contributed by atoms with Crippen LogP contribution in [0.2, 0.25) is 0 Å². The zero-order valence-corrected chi connectivity index (χ0v) is 21.9. The van der Waals surface area contributed by atoms with Crippen molar-refractivity contribution >= 4 is 18.0 Å². The van der Waals surface area contributed by atoms with E-state index < -0.39 is 0 Å². The molecule has 2 heterocycles. The van der Waals surface area contributed by atoms with Crippen LogP contribution in [0.4, 0.5) is 0 Å². The van der Waals surface area contributed by atoms with Crippen LogP contribution in [-0.4, -0.2) is 60.1 Å². The molecule has 37 heavy (non-hydrogen) atoms. The Balaban J connectivity index is 1.65. The standard InChI is InChI=1S/C31H37N3O3/c1-3-26(4-2)37-30-27(21-29(35)25-15-9-6-10-16-25)28(24-13-7-5-8-14-24)22-34(31(30)36)20-12-19-33-18-11-17-32-23-33/h5-11,13-17,23,26,28H,3-4,12,18-22H2,1-2H3. The van der Waals surface area contributed by atoms with Crippen LogP contribution in [0.5, 0.6) is 0 Å². The van der Waals surface area contributed by atoms with Gasteiger partial charge in [-0.1, -0.05) is 74.5 Å². The highest BCUT2D eigenvalue weighted by Gasteiger charge is 2.37. The van der Waals surface area contributed by atoms with Gasteiger partial charge in [0, 0.05) is 50.3 Å². The van der Waals surface area contributed by atoms with Crippen LogP contribution in [0.25, 0.3) is 0 Å². The normalized spacial score (nSPS) is 17.6. The van der Waals surface area contributed by atoms with E-state index in [1.54, 1.807) is 6.20 Å². The Bertz CT molecular complexity index is 1140. The average molecular weight is 500 g/mol. The van der Waals surface area contributed by atoms with Crippen LogP contribution >= 0.6 is 0 Å². The van der Waals surface area contributed by atoms with E-state index in [2.05, 4.69) is 35.9 Å². The third-order valence-electron chi connectivity index (χ3n) is 7.08. The molecule has 1 amide bonds. The zero-order valence-electron chi connectivity index (χ0n) is 21.9. The molecule has 4 rings (SSSR count). The molecule has 0 aromatic heterocycles. The van der Waals surface area contributed by atoms with E-state index >= 15 is 0 Å². The minimum absolute atomic E-state index is 0.000804. The fourth-order valence-corrected chi connectivity index (χ4v) is 4.93. The van der Waals surface area contributed by atoms with Gasteiger partial charge in [0.1, 0.15) is 0 Å². The molecule has 0 saturated heterocycles. The third kappa shape index (κ3) is 6.76. The first-order valence-corrected chi connectivity index (χ1v) is 13.3. The summed E-state index contributed by atoms with van der Waals surface area (Å²) >= 11 is 0. The van der Waals surface area contributed by atoms with Crippen molar-refractivity contribution in [2.45, 2.75) is 51.6 Å². The van der Waals surface area contributed by atoms with Crippen LogP contribution in [-0.2, 0) is 9.53 Å². The number of rotatable bonds is 12. The van der Waals surface area contributed by atoms with Gasteiger partial charge in [0.25, 0.3) is 5.91 Å². The van der Waals surface area contributed by atoms with Gasteiger partial charge in [-0.3, -0.25) is 9.59 Å². The predicted molar refractivity (Wildman–Crippen MR) is 147 cm³/mol. The highest BCUT2D eigenvalue weighted by molar-refractivity contribution is 6.00. The number of amides is 1. The molecule has 2 aliphatic rings. The van der Waals surface area contributed by atoms with E-state index in [1.807, 2.05) is 65.8 Å². The number of hydrogen-bond donors (Lipinski definition) is 0. The molecule has 1 atom stereocenters. The monoisotopic (exact) mass is 499 g/mol. The first kappa shape index (κ1) is 26.4. The lowest BCUT2D eigenvalue weighted by Crippen LogP contribution is -2.44. The van der Waals surface area contributed by atoms with E-state index in [1.165, 1.54) is 0 Å². The highest BCUT2D eigenvalue weighted by atomic mass is 16.5. The Morgan fingerprint density at radius 2 is 1.73 bits per heavy atom. The second-order valence-corrected chi connectivity index (χ2v) is 9.59. The number of carbonyl (C=O) groups is 2. The van der Waals surface area contributed by atoms with Crippen LogP contribution < -0.4 is 0 Å². The van der Waals surface area contributed by atoms with Gasteiger partial charge in [-0.05, 0) is 36.5 Å². The van der Waals surface area contributed by atoms with Gasteiger partial charge >= 0.3 is 0 Å². The Morgan fingerprint density at radius 1 is 1.03 bits per heavy atom. The average Bonchev–Trinajstić information content (AvgIpc) is 2.95. The highest BCUT2D eigenvalue weighted by Crippen LogP contribution is 2.37. The van der Waals surface area contributed by atoms with E-state index in [-0.39, 0.29) is 30.1 Å². The molecular weight excluding hydrogens is 462 g/mol. The molecule has 0 aliphatic carbocycles. The van der Waals surface area contributed by atoms with Crippen molar-refractivity contribution in [3.05, 3.63) is 95.4 Å². The van der Waals surface area contributed by atoms with Gasteiger partial charge in [0.05, 0.1) is 12.4 Å². The number of carbonyl (C=O) groups excluding carboxylic acids is 2. The van der Waals surface area contributed by atoms with Crippen LogP contribution in [0.1, 0.15) is 61.4 Å². The lowest BCUT2D eigenvalue weighted by Gasteiger charge is -2.37.